The minimum Gasteiger partial charge on any atom is -0.497 e. The molecule has 0 amide bonds. The zero-order valence-electron chi connectivity index (χ0n) is 11.6. The van der Waals surface area contributed by atoms with Gasteiger partial charge in [0, 0.05) is 6.04 Å². The van der Waals surface area contributed by atoms with Crippen LogP contribution >= 0.6 is 0 Å². The molecule has 0 heterocycles. The largest absolute Gasteiger partial charge is 0.497 e. The molecule has 1 fully saturated rings. The van der Waals surface area contributed by atoms with Crippen molar-refractivity contribution in [1.29, 1.82) is 0 Å². The molecule has 2 rings (SSSR count). The standard InChI is InChI=1S/C16H23NO/c1-12(5-4-10-17-14-6-7-14)16-9-8-15(18-3)11-13(16)2/h5,8-9,11,14,17H,4,6-7,10H2,1-3H3. The summed E-state index contributed by atoms with van der Waals surface area (Å²) in [5.41, 5.74) is 3.95. The molecule has 0 bridgehead atoms. The molecule has 1 N–H and O–H groups in total. The van der Waals surface area contributed by atoms with E-state index in [1.54, 1.807) is 7.11 Å². The van der Waals surface area contributed by atoms with Crippen molar-refractivity contribution in [3.63, 3.8) is 0 Å². The number of hydrogen-bond acceptors (Lipinski definition) is 2. The van der Waals surface area contributed by atoms with Gasteiger partial charge in [0.25, 0.3) is 0 Å². The summed E-state index contributed by atoms with van der Waals surface area (Å²) in [7, 11) is 1.71. The van der Waals surface area contributed by atoms with Crippen LogP contribution in [0.25, 0.3) is 5.57 Å². The molecule has 0 saturated heterocycles. The van der Waals surface area contributed by atoms with Crippen LogP contribution in [0.4, 0.5) is 0 Å². The summed E-state index contributed by atoms with van der Waals surface area (Å²) in [5, 5.41) is 3.53. The maximum atomic E-state index is 5.23. The van der Waals surface area contributed by atoms with E-state index in [2.05, 4.69) is 37.4 Å². The van der Waals surface area contributed by atoms with Crippen molar-refractivity contribution in [3.8, 4) is 5.75 Å². The van der Waals surface area contributed by atoms with Gasteiger partial charge >= 0.3 is 0 Å². The molecule has 0 radical (unpaired) electrons. The van der Waals surface area contributed by atoms with Crippen LogP contribution in [0.1, 0.15) is 37.3 Å². The zero-order chi connectivity index (χ0) is 13.0. The Kier molecular flexibility index (Phi) is 4.43. The molecule has 1 aliphatic carbocycles. The second-order valence-electron chi connectivity index (χ2n) is 5.09. The van der Waals surface area contributed by atoms with E-state index in [0.29, 0.717) is 0 Å². The summed E-state index contributed by atoms with van der Waals surface area (Å²) in [6.45, 7) is 5.42. The second kappa shape index (κ2) is 6.05. The average molecular weight is 245 g/mol. The van der Waals surface area contributed by atoms with E-state index in [0.717, 1.165) is 24.8 Å². The lowest BCUT2D eigenvalue weighted by atomic mass is 10.0. The fourth-order valence-electron chi connectivity index (χ4n) is 2.18. The normalized spacial score (nSPS) is 15.8. The maximum absolute atomic E-state index is 5.23. The summed E-state index contributed by atoms with van der Waals surface area (Å²) >= 11 is 0. The van der Waals surface area contributed by atoms with Gasteiger partial charge in [0.15, 0.2) is 0 Å². The van der Waals surface area contributed by atoms with E-state index in [-0.39, 0.29) is 0 Å². The molecule has 1 saturated carbocycles. The first-order chi connectivity index (χ1) is 8.70. The van der Waals surface area contributed by atoms with E-state index >= 15 is 0 Å². The van der Waals surface area contributed by atoms with Crippen molar-refractivity contribution in [3.05, 3.63) is 35.4 Å². The van der Waals surface area contributed by atoms with Crippen molar-refractivity contribution in [2.75, 3.05) is 13.7 Å². The Morgan fingerprint density at radius 3 is 2.83 bits per heavy atom. The number of benzene rings is 1. The van der Waals surface area contributed by atoms with Crippen LogP contribution < -0.4 is 10.1 Å². The molecule has 0 spiro atoms. The predicted octanol–water partition coefficient (Wildman–Crippen LogP) is 3.55. The van der Waals surface area contributed by atoms with Gasteiger partial charge in [0.1, 0.15) is 5.75 Å². The Bertz CT molecular complexity index is 433. The molecule has 18 heavy (non-hydrogen) atoms. The summed E-state index contributed by atoms with van der Waals surface area (Å²) in [4.78, 5) is 0. The highest BCUT2D eigenvalue weighted by Gasteiger charge is 2.19. The van der Waals surface area contributed by atoms with Crippen LogP contribution in [0.2, 0.25) is 0 Å². The first-order valence-electron chi connectivity index (χ1n) is 6.76. The highest BCUT2D eigenvalue weighted by molar-refractivity contribution is 5.67. The molecular formula is C16H23NO. The maximum Gasteiger partial charge on any atom is 0.119 e. The summed E-state index contributed by atoms with van der Waals surface area (Å²) < 4.78 is 5.23. The van der Waals surface area contributed by atoms with Gasteiger partial charge in [0.2, 0.25) is 0 Å². The van der Waals surface area contributed by atoms with Gasteiger partial charge in [-0.05, 0) is 68.5 Å². The van der Waals surface area contributed by atoms with Crippen LogP contribution in [0.5, 0.6) is 5.75 Å². The lowest BCUT2D eigenvalue weighted by molar-refractivity contribution is 0.414. The fraction of sp³-hybridized carbons (Fsp3) is 0.500. The molecule has 0 aliphatic heterocycles. The third kappa shape index (κ3) is 3.61. The zero-order valence-corrected chi connectivity index (χ0v) is 11.6. The molecule has 0 atom stereocenters. The van der Waals surface area contributed by atoms with Crippen molar-refractivity contribution in [2.24, 2.45) is 0 Å². The number of methoxy groups -OCH3 is 1. The molecule has 1 aliphatic rings. The van der Waals surface area contributed by atoms with Gasteiger partial charge in [-0.1, -0.05) is 12.1 Å². The fourth-order valence-corrected chi connectivity index (χ4v) is 2.18. The van der Waals surface area contributed by atoms with E-state index in [1.165, 1.54) is 29.5 Å². The van der Waals surface area contributed by atoms with Gasteiger partial charge in [-0.25, -0.2) is 0 Å². The van der Waals surface area contributed by atoms with Crippen molar-refractivity contribution < 1.29 is 4.74 Å². The average Bonchev–Trinajstić information content (AvgIpc) is 3.18. The third-order valence-electron chi connectivity index (χ3n) is 3.46. The Morgan fingerprint density at radius 2 is 2.22 bits per heavy atom. The Hall–Kier alpha value is -1.28. The monoisotopic (exact) mass is 245 g/mol. The van der Waals surface area contributed by atoms with E-state index < -0.39 is 0 Å². The first kappa shape index (κ1) is 13.2. The minimum atomic E-state index is 0.807. The Balaban J connectivity index is 1.93. The number of allylic oxidation sites excluding steroid dienone is 1. The summed E-state index contributed by atoms with van der Waals surface area (Å²) in [6, 6.07) is 7.08. The van der Waals surface area contributed by atoms with Gasteiger partial charge in [-0.3, -0.25) is 0 Å². The lowest BCUT2D eigenvalue weighted by Crippen LogP contribution is -2.16. The van der Waals surface area contributed by atoms with Gasteiger partial charge in [0.05, 0.1) is 7.11 Å². The third-order valence-corrected chi connectivity index (χ3v) is 3.46. The van der Waals surface area contributed by atoms with E-state index in [9.17, 15) is 0 Å². The molecule has 0 aromatic heterocycles. The molecule has 1 aromatic rings. The Morgan fingerprint density at radius 1 is 1.44 bits per heavy atom. The van der Waals surface area contributed by atoms with Gasteiger partial charge in [-0.15, -0.1) is 0 Å². The smallest absolute Gasteiger partial charge is 0.119 e. The van der Waals surface area contributed by atoms with Crippen molar-refractivity contribution in [1.82, 2.24) is 5.32 Å². The van der Waals surface area contributed by atoms with Crippen LogP contribution in [0.15, 0.2) is 24.3 Å². The summed E-state index contributed by atoms with van der Waals surface area (Å²) in [5.74, 6) is 0.930. The quantitative estimate of drug-likeness (QED) is 0.774. The summed E-state index contributed by atoms with van der Waals surface area (Å²) in [6.07, 6.45) is 6.15. The molecule has 0 unspecified atom stereocenters. The Labute approximate surface area is 110 Å². The topological polar surface area (TPSA) is 21.3 Å². The highest BCUT2D eigenvalue weighted by Crippen LogP contribution is 2.23. The van der Waals surface area contributed by atoms with Crippen molar-refractivity contribution >= 4 is 5.57 Å². The number of ether oxygens (including phenoxy) is 1. The second-order valence-corrected chi connectivity index (χ2v) is 5.09. The van der Waals surface area contributed by atoms with Gasteiger partial charge < -0.3 is 10.1 Å². The van der Waals surface area contributed by atoms with Crippen LogP contribution in [0.3, 0.4) is 0 Å². The van der Waals surface area contributed by atoms with Crippen LogP contribution in [0, 0.1) is 6.92 Å². The molecule has 2 heteroatoms. The number of hydrogen-bond donors (Lipinski definition) is 1. The SMILES string of the molecule is COc1ccc(C(C)=CCCNC2CC2)c(C)c1. The van der Waals surface area contributed by atoms with Crippen LogP contribution in [-0.4, -0.2) is 19.7 Å². The molecule has 1 aromatic carbocycles. The van der Waals surface area contributed by atoms with Crippen molar-refractivity contribution in [2.45, 2.75) is 39.2 Å². The number of aryl methyl sites for hydroxylation is 1. The van der Waals surface area contributed by atoms with E-state index in [1.807, 2.05) is 6.07 Å². The van der Waals surface area contributed by atoms with Crippen LogP contribution in [-0.2, 0) is 0 Å². The molecule has 2 nitrogen and oxygen atoms in total. The number of rotatable bonds is 6. The predicted molar refractivity (Wildman–Crippen MR) is 77.0 cm³/mol. The number of nitrogens with one attached hydrogen (secondary N) is 1. The molecule has 98 valence electrons. The van der Waals surface area contributed by atoms with Gasteiger partial charge in [-0.2, -0.15) is 0 Å². The minimum absolute atomic E-state index is 0.807. The molecular weight excluding hydrogens is 222 g/mol. The lowest BCUT2D eigenvalue weighted by Gasteiger charge is -2.09. The van der Waals surface area contributed by atoms with E-state index in [4.69, 9.17) is 4.74 Å². The first-order valence-corrected chi connectivity index (χ1v) is 6.76. The highest BCUT2D eigenvalue weighted by atomic mass is 16.5.